The summed E-state index contributed by atoms with van der Waals surface area (Å²) < 4.78 is 14.3. The van der Waals surface area contributed by atoms with Gasteiger partial charge in [-0.3, -0.25) is 4.90 Å². The first-order chi connectivity index (χ1) is 9.65. The average Bonchev–Trinajstić information content (AvgIpc) is 2.88. The van der Waals surface area contributed by atoms with Crippen LogP contribution in [0.1, 0.15) is 21.6 Å². The van der Waals surface area contributed by atoms with Crippen LogP contribution in [-0.4, -0.2) is 16.4 Å². The number of fused-ring (bicyclic) bond motifs is 1. The first kappa shape index (κ1) is 13.7. The molecule has 0 unspecified atom stereocenters. The van der Waals surface area contributed by atoms with E-state index in [-0.39, 0.29) is 10.8 Å². The molecule has 0 saturated carbocycles. The maximum atomic E-state index is 14.3. The van der Waals surface area contributed by atoms with Gasteiger partial charge in [-0.05, 0) is 29.5 Å². The maximum absolute atomic E-state index is 14.3. The van der Waals surface area contributed by atoms with Crippen molar-refractivity contribution in [2.45, 2.75) is 19.5 Å². The predicted octanol–water partition coefficient (Wildman–Crippen LogP) is 3.08. The lowest BCUT2D eigenvalue weighted by molar-refractivity contribution is 0.244. The van der Waals surface area contributed by atoms with Gasteiger partial charge in [0.05, 0.1) is 0 Å². The van der Waals surface area contributed by atoms with Crippen LogP contribution in [0, 0.1) is 5.82 Å². The molecule has 1 aliphatic heterocycles. The Kier molecular flexibility index (Phi) is 3.83. The lowest BCUT2D eigenvalue weighted by Crippen LogP contribution is -2.29. The first-order valence-electron chi connectivity index (χ1n) is 6.50. The van der Waals surface area contributed by atoms with Crippen molar-refractivity contribution in [3.63, 3.8) is 0 Å². The molecule has 0 atom stereocenters. The summed E-state index contributed by atoms with van der Waals surface area (Å²) in [6, 6.07) is 7.41. The van der Waals surface area contributed by atoms with Gasteiger partial charge in [0.1, 0.15) is 10.8 Å². The second-order valence-electron chi connectivity index (χ2n) is 4.97. The summed E-state index contributed by atoms with van der Waals surface area (Å²) >= 11 is 6.69. The highest BCUT2D eigenvalue weighted by molar-refractivity contribution is 7.80. The van der Waals surface area contributed by atoms with Gasteiger partial charge in [-0.25, -0.2) is 4.39 Å². The van der Waals surface area contributed by atoms with E-state index in [1.54, 1.807) is 12.1 Å². The third-order valence-electron chi connectivity index (χ3n) is 3.62. The summed E-state index contributed by atoms with van der Waals surface area (Å²) in [4.78, 5) is 3.83. The molecular weight excluding hydrogens is 291 g/mol. The van der Waals surface area contributed by atoms with E-state index in [9.17, 15) is 4.39 Å². The van der Waals surface area contributed by atoms with E-state index in [0.717, 1.165) is 19.5 Å². The highest BCUT2D eigenvalue weighted by Gasteiger charge is 2.19. The van der Waals surface area contributed by atoms with Crippen LogP contribution in [0.2, 0.25) is 0 Å². The number of rotatable bonds is 3. The SMILES string of the molecule is NC(=S)c1cccc(CN2CCc3sccc3C2)c1F. The van der Waals surface area contributed by atoms with Crippen LogP contribution in [0.3, 0.4) is 0 Å². The zero-order valence-electron chi connectivity index (χ0n) is 10.9. The molecule has 0 bridgehead atoms. The number of nitrogens with two attached hydrogens (primary N) is 1. The molecule has 0 saturated heterocycles. The van der Waals surface area contributed by atoms with Crippen LogP contribution in [0.4, 0.5) is 4.39 Å². The smallest absolute Gasteiger partial charge is 0.137 e. The van der Waals surface area contributed by atoms with E-state index in [1.165, 1.54) is 10.4 Å². The van der Waals surface area contributed by atoms with Gasteiger partial charge in [0.2, 0.25) is 0 Å². The third kappa shape index (κ3) is 2.61. The van der Waals surface area contributed by atoms with Crippen LogP contribution < -0.4 is 5.73 Å². The molecule has 3 rings (SSSR count). The highest BCUT2D eigenvalue weighted by Crippen LogP contribution is 2.25. The van der Waals surface area contributed by atoms with Gasteiger partial charge in [-0.2, -0.15) is 0 Å². The number of thiophene rings is 1. The van der Waals surface area contributed by atoms with Crippen molar-refractivity contribution in [3.05, 3.63) is 57.0 Å². The fraction of sp³-hybridized carbons (Fsp3) is 0.267. The molecule has 1 aromatic heterocycles. The van der Waals surface area contributed by atoms with Gasteiger partial charge < -0.3 is 5.73 Å². The number of nitrogens with zero attached hydrogens (tertiary/aromatic N) is 1. The zero-order chi connectivity index (χ0) is 14.1. The van der Waals surface area contributed by atoms with Crippen molar-refractivity contribution in [2.24, 2.45) is 5.73 Å². The monoisotopic (exact) mass is 306 g/mol. The topological polar surface area (TPSA) is 29.3 Å². The lowest BCUT2D eigenvalue weighted by atomic mass is 10.1. The fourth-order valence-electron chi connectivity index (χ4n) is 2.57. The Morgan fingerprint density at radius 2 is 2.25 bits per heavy atom. The van der Waals surface area contributed by atoms with Gasteiger partial charge in [-0.1, -0.05) is 24.4 Å². The second-order valence-corrected chi connectivity index (χ2v) is 6.41. The molecule has 0 spiro atoms. The molecule has 2 N–H and O–H groups in total. The van der Waals surface area contributed by atoms with Crippen LogP contribution >= 0.6 is 23.6 Å². The molecule has 0 amide bonds. The Bertz CT molecular complexity index is 651. The molecule has 1 aromatic carbocycles. The normalized spacial score (nSPS) is 15.1. The van der Waals surface area contributed by atoms with E-state index >= 15 is 0 Å². The largest absolute Gasteiger partial charge is 0.389 e. The van der Waals surface area contributed by atoms with Gasteiger partial charge in [-0.15, -0.1) is 11.3 Å². The minimum atomic E-state index is -0.281. The second kappa shape index (κ2) is 5.60. The van der Waals surface area contributed by atoms with Crippen LogP contribution in [-0.2, 0) is 19.5 Å². The van der Waals surface area contributed by atoms with Crippen LogP contribution in [0.25, 0.3) is 0 Å². The number of halogens is 1. The van der Waals surface area contributed by atoms with Crippen molar-refractivity contribution in [3.8, 4) is 0 Å². The quantitative estimate of drug-likeness (QED) is 0.884. The fourth-order valence-corrected chi connectivity index (χ4v) is 3.62. The predicted molar refractivity (Wildman–Crippen MR) is 84.4 cm³/mol. The van der Waals surface area contributed by atoms with Crippen molar-refractivity contribution < 1.29 is 4.39 Å². The molecule has 5 heteroatoms. The Morgan fingerprint density at radius 3 is 3.05 bits per heavy atom. The Morgan fingerprint density at radius 1 is 1.40 bits per heavy atom. The average molecular weight is 306 g/mol. The van der Waals surface area contributed by atoms with Crippen LogP contribution in [0.15, 0.2) is 29.6 Å². The lowest BCUT2D eigenvalue weighted by Gasteiger charge is -2.27. The van der Waals surface area contributed by atoms with Gasteiger partial charge >= 0.3 is 0 Å². The maximum Gasteiger partial charge on any atom is 0.137 e. The minimum Gasteiger partial charge on any atom is -0.389 e. The molecule has 0 fully saturated rings. The van der Waals surface area contributed by atoms with E-state index in [4.69, 9.17) is 18.0 Å². The molecule has 2 nitrogen and oxygen atoms in total. The molecule has 0 aliphatic carbocycles. The van der Waals surface area contributed by atoms with Crippen molar-refractivity contribution >= 4 is 28.5 Å². The standard InChI is InChI=1S/C15H15FN2S2/c16-14-11(2-1-3-12(14)15(17)19)9-18-6-4-13-10(8-18)5-7-20-13/h1-3,5,7H,4,6,8-9H2,(H2,17,19). The zero-order valence-corrected chi connectivity index (χ0v) is 12.6. The number of hydrogen-bond acceptors (Lipinski definition) is 3. The van der Waals surface area contributed by atoms with Crippen molar-refractivity contribution in [2.75, 3.05) is 6.54 Å². The number of benzene rings is 1. The number of hydrogen-bond donors (Lipinski definition) is 1. The van der Waals surface area contributed by atoms with Crippen molar-refractivity contribution in [1.29, 1.82) is 0 Å². The molecule has 2 aromatic rings. The van der Waals surface area contributed by atoms with Gasteiger partial charge in [0.25, 0.3) is 0 Å². The van der Waals surface area contributed by atoms with Crippen molar-refractivity contribution in [1.82, 2.24) is 4.90 Å². The summed E-state index contributed by atoms with van der Waals surface area (Å²) in [7, 11) is 0. The highest BCUT2D eigenvalue weighted by atomic mass is 32.1. The van der Waals surface area contributed by atoms with E-state index in [0.29, 0.717) is 17.7 Å². The summed E-state index contributed by atoms with van der Waals surface area (Å²) in [5, 5.41) is 2.13. The minimum absolute atomic E-state index is 0.114. The van der Waals surface area contributed by atoms with E-state index < -0.39 is 0 Å². The molecule has 0 radical (unpaired) electrons. The molecule has 1 aliphatic rings. The summed E-state index contributed by atoms with van der Waals surface area (Å²) in [5.41, 5.74) is 7.91. The molecule has 20 heavy (non-hydrogen) atoms. The first-order valence-corrected chi connectivity index (χ1v) is 7.78. The summed E-state index contributed by atoms with van der Waals surface area (Å²) in [6.07, 6.45) is 1.05. The molecule has 104 valence electrons. The Balaban J connectivity index is 1.79. The van der Waals surface area contributed by atoms with Gasteiger partial charge in [0.15, 0.2) is 0 Å². The van der Waals surface area contributed by atoms with E-state index in [1.807, 2.05) is 17.4 Å². The summed E-state index contributed by atoms with van der Waals surface area (Å²) in [5.74, 6) is -0.281. The Hall–Kier alpha value is -1.30. The molecule has 2 heterocycles. The number of thiocarbonyl (C=S) groups is 1. The Labute approximate surface area is 127 Å². The molecular formula is C15H15FN2S2. The van der Waals surface area contributed by atoms with Gasteiger partial charge in [0, 0.05) is 35.6 Å². The van der Waals surface area contributed by atoms with E-state index in [2.05, 4.69) is 16.3 Å². The third-order valence-corrected chi connectivity index (χ3v) is 4.87. The van der Waals surface area contributed by atoms with Crippen LogP contribution in [0.5, 0.6) is 0 Å². The summed E-state index contributed by atoms with van der Waals surface area (Å²) in [6.45, 7) is 2.44.